The van der Waals surface area contributed by atoms with Crippen LogP contribution in [0.5, 0.6) is 0 Å². The molecule has 0 aliphatic heterocycles. The van der Waals surface area contributed by atoms with E-state index in [1.807, 2.05) is 36.4 Å². The van der Waals surface area contributed by atoms with Crippen LogP contribution in [0.2, 0.25) is 0 Å². The van der Waals surface area contributed by atoms with Gasteiger partial charge in [-0.3, -0.25) is 4.79 Å². The Hall–Kier alpha value is -1.53. The van der Waals surface area contributed by atoms with E-state index in [-0.39, 0.29) is 11.8 Å². The van der Waals surface area contributed by atoms with E-state index in [1.54, 1.807) is 6.92 Å². The van der Waals surface area contributed by atoms with E-state index in [4.69, 9.17) is 16.9 Å². The molecule has 0 aliphatic carbocycles. The number of hydrogen-bond acceptors (Lipinski definition) is 2. The molecule has 84 valence electrons. The predicted molar refractivity (Wildman–Crippen MR) is 62.8 cm³/mol. The summed E-state index contributed by atoms with van der Waals surface area (Å²) in [6, 6.07) is 11.1. The van der Waals surface area contributed by atoms with Crippen molar-refractivity contribution in [1.29, 1.82) is 5.26 Å². The molecular formula is C12H13ClN2O. The molecule has 3 nitrogen and oxygen atoms in total. The summed E-state index contributed by atoms with van der Waals surface area (Å²) in [7, 11) is 0. The minimum absolute atomic E-state index is 0.0984. The van der Waals surface area contributed by atoms with Gasteiger partial charge < -0.3 is 4.90 Å². The van der Waals surface area contributed by atoms with Crippen LogP contribution in [0.4, 0.5) is 0 Å². The zero-order valence-corrected chi connectivity index (χ0v) is 9.81. The Morgan fingerprint density at radius 1 is 1.50 bits per heavy atom. The van der Waals surface area contributed by atoms with Crippen molar-refractivity contribution in [3.63, 3.8) is 0 Å². The fourth-order valence-corrected chi connectivity index (χ4v) is 1.52. The number of alkyl halides is 1. The van der Waals surface area contributed by atoms with Crippen molar-refractivity contribution < 1.29 is 4.79 Å². The molecular weight excluding hydrogens is 224 g/mol. The van der Waals surface area contributed by atoms with Crippen LogP contribution in [0.1, 0.15) is 12.5 Å². The highest BCUT2D eigenvalue weighted by Gasteiger charge is 2.18. The Morgan fingerprint density at radius 3 is 2.62 bits per heavy atom. The zero-order valence-electron chi connectivity index (χ0n) is 9.06. The van der Waals surface area contributed by atoms with Crippen LogP contribution in [0.3, 0.4) is 0 Å². The number of carbonyl (C=O) groups excluding carboxylic acids is 1. The average molecular weight is 237 g/mol. The molecule has 1 aromatic rings. The average Bonchev–Trinajstić information content (AvgIpc) is 2.35. The van der Waals surface area contributed by atoms with Crippen molar-refractivity contribution in [2.75, 3.05) is 5.88 Å². The largest absolute Gasteiger partial charge is 0.322 e. The number of benzene rings is 1. The molecule has 0 spiro atoms. The molecule has 1 unspecified atom stereocenters. The van der Waals surface area contributed by atoms with Crippen LogP contribution < -0.4 is 0 Å². The molecule has 0 saturated heterocycles. The lowest BCUT2D eigenvalue weighted by molar-refractivity contribution is -0.130. The van der Waals surface area contributed by atoms with Crippen LogP contribution in [0, 0.1) is 11.3 Å². The van der Waals surface area contributed by atoms with Crippen molar-refractivity contribution in [1.82, 2.24) is 4.90 Å². The summed E-state index contributed by atoms with van der Waals surface area (Å²) in [5.41, 5.74) is 0.989. The van der Waals surface area contributed by atoms with Crippen LogP contribution >= 0.6 is 11.6 Å². The molecule has 1 aromatic carbocycles. The summed E-state index contributed by atoms with van der Waals surface area (Å²) in [6.45, 7) is 2.11. The molecule has 0 radical (unpaired) electrons. The summed E-state index contributed by atoms with van der Waals surface area (Å²) in [5, 5.41) is 8.84. The van der Waals surface area contributed by atoms with Gasteiger partial charge in [-0.15, -0.1) is 11.6 Å². The van der Waals surface area contributed by atoms with E-state index < -0.39 is 6.04 Å². The lowest BCUT2D eigenvalue weighted by Gasteiger charge is -2.24. The van der Waals surface area contributed by atoms with Gasteiger partial charge in [0, 0.05) is 6.54 Å². The Morgan fingerprint density at radius 2 is 2.12 bits per heavy atom. The SMILES string of the molecule is CC(C#N)N(Cc1ccccc1)C(=O)CCl. The fourth-order valence-electron chi connectivity index (χ4n) is 1.37. The van der Waals surface area contributed by atoms with Gasteiger partial charge in [0.15, 0.2) is 0 Å². The van der Waals surface area contributed by atoms with Gasteiger partial charge in [0.05, 0.1) is 6.07 Å². The second kappa shape index (κ2) is 6.14. The Bertz CT molecular complexity index is 386. The quantitative estimate of drug-likeness (QED) is 0.752. The Kier molecular flexibility index (Phi) is 4.81. The van der Waals surface area contributed by atoms with Gasteiger partial charge >= 0.3 is 0 Å². The minimum Gasteiger partial charge on any atom is -0.322 e. The molecule has 0 aromatic heterocycles. The van der Waals surface area contributed by atoms with Crippen molar-refractivity contribution in [2.45, 2.75) is 19.5 Å². The molecule has 0 aliphatic rings. The van der Waals surface area contributed by atoms with Gasteiger partial charge in [0.1, 0.15) is 11.9 Å². The van der Waals surface area contributed by atoms with Crippen LogP contribution in [-0.2, 0) is 11.3 Å². The van der Waals surface area contributed by atoms with Crippen molar-refractivity contribution in [3.8, 4) is 6.07 Å². The highest BCUT2D eigenvalue weighted by molar-refractivity contribution is 6.27. The fraction of sp³-hybridized carbons (Fsp3) is 0.333. The molecule has 1 rings (SSSR count). The zero-order chi connectivity index (χ0) is 12.0. The number of hydrogen-bond donors (Lipinski definition) is 0. The lowest BCUT2D eigenvalue weighted by atomic mass is 10.2. The number of halogens is 1. The van der Waals surface area contributed by atoms with Crippen molar-refractivity contribution in [2.24, 2.45) is 0 Å². The number of amides is 1. The maximum Gasteiger partial charge on any atom is 0.238 e. The summed E-state index contributed by atoms with van der Waals surface area (Å²) in [4.78, 5) is 13.0. The minimum atomic E-state index is -0.466. The molecule has 0 heterocycles. The number of nitrogens with zero attached hydrogens (tertiary/aromatic N) is 2. The van der Waals surface area contributed by atoms with Gasteiger partial charge in [0.25, 0.3) is 0 Å². The van der Waals surface area contributed by atoms with Crippen LogP contribution in [-0.4, -0.2) is 22.7 Å². The molecule has 0 N–H and O–H groups in total. The van der Waals surface area contributed by atoms with Crippen LogP contribution in [0.25, 0.3) is 0 Å². The Balaban J connectivity index is 2.80. The summed E-state index contributed by atoms with van der Waals surface area (Å²) in [6.07, 6.45) is 0. The molecule has 0 fully saturated rings. The number of carbonyl (C=O) groups is 1. The standard InChI is InChI=1S/C12H13ClN2O/c1-10(8-14)15(12(16)7-13)9-11-5-3-2-4-6-11/h2-6,10H,7,9H2,1H3. The van der Waals surface area contributed by atoms with Gasteiger partial charge in [-0.2, -0.15) is 5.26 Å². The molecule has 1 amide bonds. The highest BCUT2D eigenvalue weighted by atomic mass is 35.5. The number of nitriles is 1. The Labute approximate surface area is 100 Å². The first-order valence-corrected chi connectivity index (χ1v) is 5.51. The molecule has 0 bridgehead atoms. The molecule has 0 saturated carbocycles. The summed E-state index contributed by atoms with van der Waals surface area (Å²) in [5.74, 6) is -0.321. The maximum absolute atomic E-state index is 11.6. The van der Waals surface area contributed by atoms with Gasteiger partial charge in [-0.05, 0) is 12.5 Å². The third-order valence-corrected chi connectivity index (χ3v) is 2.51. The van der Waals surface area contributed by atoms with Crippen molar-refractivity contribution in [3.05, 3.63) is 35.9 Å². The third-order valence-electron chi connectivity index (χ3n) is 2.28. The maximum atomic E-state index is 11.6. The smallest absolute Gasteiger partial charge is 0.238 e. The highest BCUT2D eigenvalue weighted by Crippen LogP contribution is 2.08. The first-order chi connectivity index (χ1) is 7.69. The van der Waals surface area contributed by atoms with E-state index in [9.17, 15) is 4.79 Å². The molecule has 4 heteroatoms. The van der Waals surface area contributed by atoms with Crippen molar-refractivity contribution >= 4 is 17.5 Å². The monoisotopic (exact) mass is 236 g/mol. The first kappa shape index (κ1) is 12.5. The van der Waals surface area contributed by atoms with Crippen LogP contribution in [0.15, 0.2) is 30.3 Å². The second-order valence-corrected chi connectivity index (χ2v) is 3.71. The van der Waals surface area contributed by atoms with E-state index in [1.165, 1.54) is 4.90 Å². The lowest BCUT2D eigenvalue weighted by Crippen LogP contribution is -2.38. The second-order valence-electron chi connectivity index (χ2n) is 3.45. The summed E-state index contributed by atoms with van der Waals surface area (Å²) >= 11 is 5.51. The van der Waals surface area contributed by atoms with E-state index >= 15 is 0 Å². The predicted octanol–water partition coefficient (Wildman–Crippen LogP) is 2.17. The summed E-state index contributed by atoms with van der Waals surface area (Å²) < 4.78 is 0. The topological polar surface area (TPSA) is 44.1 Å². The van der Waals surface area contributed by atoms with Gasteiger partial charge in [0.2, 0.25) is 5.91 Å². The number of rotatable bonds is 4. The molecule has 16 heavy (non-hydrogen) atoms. The van der Waals surface area contributed by atoms with E-state index in [0.717, 1.165) is 5.56 Å². The normalized spacial score (nSPS) is 11.6. The van der Waals surface area contributed by atoms with E-state index in [0.29, 0.717) is 6.54 Å². The third kappa shape index (κ3) is 3.25. The molecule has 1 atom stereocenters. The van der Waals surface area contributed by atoms with Gasteiger partial charge in [-0.1, -0.05) is 30.3 Å². The van der Waals surface area contributed by atoms with Gasteiger partial charge in [-0.25, -0.2) is 0 Å². The first-order valence-electron chi connectivity index (χ1n) is 4.98. The van der Waals surface area contributed by atoms with E-state index in [2.05, 4.69) is 0 Å².